The lowest BCUT2D eigenvalue weighted by atomic mass is 10.00. The SMILES string of the molecule is COC(=O)C1CCCN1C(=O)C(C)(C)NC(=O)C1CCCN1C(=O)C(C)(C)NC(=O)OCc1ccccc1. The largest absolute Gasteiger partial charge is 0.467 e. The molecule has 208 valence electrons. The molecule has 0 radical (unpaired) electrons. The molecule has 3 rings (SSSR count). The molecule has 2 heterocycles. The van der Waals surface area contributed by atoms with Gasteiger partial charge in [0.15, 0.2) is 0 Å². The topological polar surface area (TPSA) is 134 Å². The average Bonchev–Trinajstić information content (AvgIpc) is 3.56. The van der Waals surface area contributed by atoms with Crippen molar-refractivity contribution in [1.29, 1.82) is 0 Å². The summed E-state index contributed by atoms with van der Waals surface area (Å²) in [5.74, 6) is -1.77. The molecule has 2 aliphatic rings. The van der Waals surface area contributed by atoms with Gasteiger partial charge in [-0.1, -0.05) is 30.3 Å². The van der Waals surface area contributed by atoms with Crippen LogP contribution < -0.4 is 10.6 Å². The molecule has 2 aliphatic heterocycles. The molecule has 2 fully saturated rings. The van der Waals surface area contributed by atoms with Crippen molar-refractivity contribution in [2.75, 3.05) is 20.2 Å². The number of rotatable bonds is 8. The molecule has 2 N–H and O–H groups in total. The number of carbonyl (C=O) groups is 5. The summed E-state index contributed by atoms with van der Waals surface area (Å²) in [6.07, 6.45) is 1.44. The maximum Gasteiger partial charge on any atom is 0.408 e. The highest BCUT2D eigenvalue weighted by molar-refractivity contribution is 5.97. The smallest absolute Gasteiger partial charge is 0.408 e. The molecule has 11 nitrogen and oxygen atoms in total. The zero-order valence-corrected chi connectivity index (χ0v) is 22.7. The van der Waals surface area contributed by atoms with E-state index in [1.165, 1.54) is 16.9 Å². The first-order chi connectivity index (χ1) is 17.9. The number of ether oxygens (including phenoxy) is 2. The van der Waals surface area contributed by atoms with Crippen molar-refractivity contribution in [3.05, 3.63) is 35.9 Å². The van der Waals surface area contributed by atoms with Crippen molar-refractivity contribution in [1.82, 2.24) is 20.4 Å². The molecule has 1 aromatic rings. The Kier molecular flexibility index (Phi) is 9.01. The Labute approximate surface area is 223 Å². The van der Waals surface area contributed by atoms with Crippen LogP contribution in [0.1, 0.15) is 58.9 Å². The Bertz CT molecular complexity index is 1060. The molecule has 0 spiro atoms. The van der Waals surface area contributed by atoms with Crippen LogP contribution in [0.4, 0.5) is 4.79 Å². The number of methoxy groups -OCH3 is 1. The van der Waals surface area contributed by atoms with E-state index in [0.717, 1.165) is 5.56 Å². The fraction of sp³-hybridized carbons (Fsp3) is 0.593. The minimum Gasteiger partial charge on any atom is -0.467 e. The third kappa shape index (κ3) is 6.62. The number of carbonyl (C=O) groups excluding carboxylic acids is 5. The highest BCUT2D eigenvalue weighted by Gasteiger charge is 2.45. The Hall–Kier alpha value is -3.63. The van der Waals surface area contributed by atoms with Crippen molar-refractivity contribution in [2.24, 2.45) is 0 Å². The quantitative estimate of drug-likeness (QED) is 0.489. The van der Waals surface area contributed by atoms with Crippen LogP contribution >= 0.6 is 0 Å². The number of nitrogens with zero attached hydrogens (tertiary/aromatic N) is 2. The number of hydrogen-bond donors (Lipinski definition) is 2. The lowest BCUT2D eigenvalue weighted by Crippen LogP contribution is -2.62. The van der Waals surface area contributed by atoms with Gasteiger partial charge in [-0.25, -0.2) is 9.59 Å². The molecule has 2 atom stereocenters. The molecule has 38 heavy (non-hydrogen) atoms. The summed E-state index contributed by atoms with van der Waals surface area (Å²) in [7, 11) is 1.28. The number of esters is 1. The van der Waals surface area contributed by atoms with Crippen LogP contribution in [-0.4, -0.2) is 82.9 Å². The zero-order valence-electron chi connectivity index (χ0n) is 22.7. The number of hydrogen-bond acceptors (Lipinski definition) is 7. The van der Waals surface area contributed by atoms with E-state index < -0.39 is 52.9 Å². The average molecular weight is 531 g/mol. The fourth-order valence-corrected chi connectivity index (χ4v) is 4.90. The van der Waals surface area contributed by atoms with Gasteiger partial charge < -0.3 is 29.9 Å². The van der Waals surface area contributed by atoms with Crippen LogP contribution in [-0.2, 0) is 35.3 Å². The van der Waals surface area contributed by atoms with Gasteiger partial charge in [0, 0.05) is 13.1 Å². The summed E-state index contributed by atoms with van der Waals surface area (Å²) in [6, 6.07) is 7.69. The van der Waals surface area contributed by atoms with E-state index >= 15 is 0 Å². The summed E-state index contributed by atoms with van der Waals surface area (Å²) in [5.41, 5.74) is -1.82. The standard InChI is InChI=1S/C27H38N4O7/c1-26(2,23(34)31-16-10-14-20(31)22(33)37-5)28-21(32)19-13-9-15-30(19)24(35)27(3,4)29-25(36)38-17-18-11-7-6-8-12-18/h6-8,11-12,19-20H,9-10,13-17H2,1-5H3,(H,28,32)(H,29,36). The van der Waals surface area contributed by atoms with Gasteiger partial charge in [-0.2, -0.15) is 0 Å². The molecular formula is C27H38N4O7. The first kappa shape index (κ1) is 28.9. The molecule has 0 aliphatic carbocycles. The van der Waals surface area contributed by atoms with Gasteiger partial charge in [-0.3, -0.25) is 14.4 Å². The van der Waals surface area contributed by atoms with Crippen molar-refractivity contribution in [3.63, 3.8) is 0 Å². The molecule has 2 saturated heterocycles. The van der Waals surface area contributed by atoms with Gasteiger partial charge in [-0.05, 0) is 58.9 Å². The van der Waals surface area contributed by atoms with Crippen LogP contribution in [0.25, 0.3) is 0 Å². The first-order valence-corrected chi connectivity index (χ1v) is 12.9. The minimum atomic E-state index is -1.33. The molecule has 0 bridgehead atoms. The van der Waals surface area contributed by atoms with E-state index in [1.54, 1.807) is 27.7 Å². The second-order valence-corrected chi connectivity index (χ2v) is 10.8. The first-order valence-electron chi connectivity index (χ1n) is 12.9. The summed E-state index contributed by atoms with van der Waals surface area (Å²) >= 11 is 0. The minimum absolute atomic E-state index is 0.0582. The number of alkyl carbamates (subject to hydrolysis) is 1. The van der Waals surface area contributed by atoms with Gasteiger partial charge in [0.05, 0.1) is 7.11 Å². The van der Waals surface area contributed by atoms with E-state index in [4.69, 9.17) is 9.47 Å². The third-order valence-electron chi connectivity index (χ3n) is 6.94. The Morgan fingerprint density at radius 2 is 1.37 bits per heavy atom. The van der Waals surface area contributed by atoms with Gasteiger partial charge >= 0.3 is 12.1 Å². The van der Waals surface area contributed by atoms with Gasteiger partial charge in [0.25, 0.3) is 0 Å². The second-order valence-electron chi connectivity index (χ2n) is 10.8. The highest BCUT2D eigenvalue weighted by Crippen LogP contribution is 2.25. The number of amides is 4. The third-order valence-corrected chi connectivity index (χ3v) is 6.94. The Morgan fingerprint density at radius 3 is 1.95 bits per heavy atom. The summed E-state index contributed by atoms with van der Waals surface area (Å²) in [4.78, 5) is 67.3. The molecular weight excluding hydrogens is 492 g/mol. The number of nitrogens with one attached hydrogen (secondary N) is 2. The van der Waals surface area contributed by atoms with E-state index in [-0.39, 0.29) is 6.61 Å². The predicted molar refractivity (Wildman–Crippen MR) is 138 cm³/mol. The highest BCUT2D eigenvalue weighted by atomic mass is 16.5. The molecule has 2 unspecified atom stereocenters. The van der Waals surface area contributed by atoms with E-state index in [2.05, 4.69) is 10.6 Å². The van der Waals surface area contributed by atoms with Crippen LogP contribution in [0.5, 0.6) is 0 Å². The van der Waals surface area contributed by atoms with Crippen molar-refractivity contribution >= 4 is 29.8 Å². The van der Waals surface area contributed by atoms with Crippen molar-refractivity contribution in [2.45, 2.75) is 83.1 Å². The molecule has 4 amide bonds. The fourth-order valence-electron chi connectivity index (χ4n) is 4.90. The summed E-state index contributed by atoms with van der Waals surface area (Å²) < 4.78 is 10.1. The Morgan fingerprint density at radius 1 is 0.842 bits per heavy atom. The van der Waals surface area contributed by atoms with E-state index in [9.17, 15) is 24.0 Å². The monoisotopic (exact) mass is 530 g/mol. The molecule has 1 aromatic carbocycles. The summed E-state index contributed by atoms with van der Waals surface area (Å²) in [6.45, 7) is 7.06. The second kappa shape index (κ2) is 11.8. The normalized spacial score (nSPS) is 19.6. The summed E-state index contributed by atoms with van der Waals surface area (Å²) in [5, 5.41) is 5.38. The van der Waals surface area contributed by atoms with Crippen LogP contribution in [0.2, 0.25) is 0 Å². The van der Waals surface area contributed by atoms with Gasteiger partial charge in [0.1, 0.15) is 29.8 Å². The van der Waals surface area contributed by atoms with Crippen molar-refractivity contribution in [3.8, 4) is 0 Å². The van der Waals surface area contributed by atoms with Crippen LogP contribution in [0.15, 0.2) is 30.3 Å². The van der Waals surface area contributed by atoms with Gasteiger partial charge in [-0.15, -0.1) is 0 Å². The zero-order chi connectivity index (χ0) is 28.1. The van der Waals surface area contributed by atoms with E-state index in [0.29, 0.717) is 38.8 Å². The maximum absolute atomic E-state index is 13.4. The van der Waals surface area contributed by atoms with Crippen molar-refractivity contribution < 1.29 is 33.4 Å². The van der Waals surface area contributed by atoms with E-state index in [1.807, 2.05) is 30.3 Å². The lowest BCUT2D eigenvalue weighted by Gasteiger charge is -2.36. The number of likely N-dealkylation sites (tertiary alicyclic amines) is 2. The number of benzene rings is 1. The lowest BCUT2D eigenvalue weighted by molar-refractivity contribution is -0.153. The van der Waals surface area contributed by atoms with Gasteiger partial charge in [0.2, 0.25) is 17.7 Å². The maximum atomic E-state index is 13.4. The molecule has 11 heteroatoms. The van der Waals surface area contributed by atoms with Crippen LogP contribution in [0.3, 0.4) is 0 Å². The molecule has 0 saturated carbocycles. The Balaban J connectivity index is 1.61. The predicted octanol–water partition coefficient (Wildman–Crippen LogP) is 1.74. The molecule has 0 aromatic heterocycles. The van der Waals surface area contributed by atoms with Crippen LogP contribution in [0, 0.1) is 0 Å².